The summed E-state index contributed by atoms with van der Waals surface area (Å²) in [4.78, 5) is 31.8. The predicted octanol–water partition coefficient (Wildman–Crippen LogP) is 1.88. The third-order valence-electron chi connectivity index (χ3n) is 3.79. The lowest BCUT2D eigenvalue weighted by atomic mass is 10.2. The van der Waals surface area contributed by atoms with Gasteiger partial charge in [-0.05, 0) is 26.1 Å². The SMILES string of the molecule is CCN1C(=O)CC(N(C)Cc2nc3ccccc3s2)C1=O. The number of nitrogens with zero attached hydrogens (tertiary/aromatic N) is 3. The standard InChI is InChI=1S/C15H17N3O2S/c1-3-18-14(19)8-11(15(18)20)17(2)9-13-16-10-6-4-5-7-12(10)21-13/h4-7,11H,3,8-9H2,1-2H3. The minimum Gasteiger partial charge on any atom is -0.288 e. The summed E-state index contributed by atoms with van der Waals surface area (Å²) in [5, 5.41) is 0.967. The molecule has 110 valence electrons. The van der Waals surface area contributed by atoms with Gasteiger partial charge in [-0.3, -0.25) is 19.4 Å². The second-order valence-electron chi connectivity index (χ2n) is 5.19. The zero-order valence-electron chi connectivity index (χ0n) is 12.1. The van der Waals surface area contributed by atoms with Crippen LogP contribution in [0.4, 0.5) is 0 Å². The lowest BCUT2D eigenvalue weighted by molar-refractivity contribution is -0.139. The van der Waals surface area contributed by atoms with E-state index < -0.39 is 0 Å². The quantitative estimate of drug-likeness (QED) is 0.809. The molecule has 1 fully saturated rings. The van der Waals surface area contributed by atoms with E-state index in [0.717, 1.165) is 15.2 Å². The van der Waals surface area contributed by atoms with E-state index in [1.807, 2.05) is 43.1 Å². The van der Waals surface area contributed by atoms with Crippen molar-refractivity contribution in [3.8, 4) is 0 Å². The van der Waals surface area contributed by atoms with Gasteiger partial charge in [0.25, 0.3) is 0 Å². The van der Waals surface area contributed by atoms with Crippen LogP contribution < -0.4 is 0 Å². The maximum absolute atomic E-state index is 12.2. The van der Waals surface area contributed by atoms with Crippen LogP contribution in [-0.4, -0.2) is 46.2 Å². The van der Waals surface area contributed by atoms with Crippen LogP contribution >= 0.6 is 11.3 Å². The van der Waals surface area contributed by atoms with E-state index in [1.165, 1.54) is 4.90 Å². The van der Waals surface area contributed by atoms with Crippen molar-refractivity contribution >= 4 is 33.4 Å². The number of aromatic nitrogens is 1. The molecule has 0 N–H and O–H groups in total. The zero-order chi connectivity index (χ0) is 15.0. The van der Waals surface area contributed by atoms with Crippen LogP contribution in [0.15, 0.2) is 24.3 Å². The van der Waals surface area contributed by atoms with Crippen LogP contribution in [0.1, 0.15) is 18.4 Å². The van der Waals surface area contributed by atoms with Crippen LogP contribution in [0.5, 0.6) is 0 Å². The molecule has 0 radical (unpaired) electrons. The van der Waals surface area contributed by atoms with E-state index in [-0.39, 0.29) is 24.3 Å². The first-order valence-electron chi connectivity index (χ1n) is 6.99. The maximum Gasteiger partial charge on any atom is 0.247 e. The number of hydrogen-bond donors (Lipinski definition) is 0. The molecule has 21 heavy (non-hydrogen) atoms. The number of imide groups is 1. The Morgan fingerprint density at radius 2 is 2.14 bits per heavy atom. The summed E-state index contributed by atoms with van der Waals surface area (Å²) >= 11 is 1.63. The number of rotatable bonds is 4. The predicted molar refractivity (Wildman–Crippen MR) is 81.9 cm³/mol. The summed E-state index contributed by atoms with van der Waals surface area (Å²) in [5.74, 6) is -0.172. The van der Waals surface area contributed by atoms with Crippen LogP contribution in [0.2, 0.25) is 0 Å². The summed E-state index contributed by atoms with van der Waals surface area (Å²) in [6, 6.07) is 7.63. The van der Waals surface area contributed by atoms with Crippen LogP contribution in [0, 0.1) is 0 Å². The Morgan fingerprint density at radius 3 is 2.81 bits per heavy atom. The van der Waals surface area contributed by atoms with Gasteiger partial charge in [-0.15, -0.1) is 11.3 Å². The molecule has 0 bridgehead atoms. The smallest absolute Gasteiger partial charge is 0.247 e. The maximum atomic E-state index is 12.2. The molecule has 0 aliphatic carbocycles. The van der Waals surface area contributed by atoms with Gasteiger partial charge in [0.1, 0.15) is 5.01 Å². The van der Waals surface area contributed by atoms with Gasteiger partial charge in [-0.2, -0.15) is 0 Å². The minimum absolute atomic E-state index is 0.0800. The fourth-order valence-electron chi connectivity index (χ4n) is 2.65. The monoisotopic (exact) mass is 303 g/mol. The Labute approximate surface area is 127 Å². The minimum atomic E-state index is -0.357. The summed E-state index contributed by atoms with van der Waals surface area (Å²) < 4.78 is 1.14. The van der Waals surface area contributed by atoms with E-state index in [2.05, 4.69) is 4.98 Å². The van der Waals surface area contributed by atoms with Gasteiger partial charge in [0.05, 0.1) is 29.2 Å². The molecule has 1 aromatic heterocycles. The number of hydrogen-bond acceptors (Lipinski definition) is 5. The van der Waals surface area contributed by atoms with Gasteiger partial charge in [0.15, 0.2) is 0 Å². The second-order valence-corrected chi connectivity index (χ2v) is 6.30. The summed E-state index contributed by atoms with van der Waals surface area (Å²) in [5.41, 5.74) is 0.981. The molecular weight excluding hydrogens is 286 g/mol. The number of para-hydroxylation sites is 1. The normalized spacial score (nSPS) is 19.2. The molecule has 0 spiro atoms. The van der Waals surface area contributed by atoms with Crippen molar-refractivity contribution in [3.05, 3.63) is 29.3 Å². The van der Waals surface area contributed by atoms with E-state index in [0.29, 0.717) is 13.1 Å². The number of likely N-dealkylation sites (tertiary alicyclic amines) is 1. The third kappa shape index (κ3) is 2.56. The summed E-state index contributed by atoms with van der Waals surface area (Å²) in [6.45, 7) is 2.86. The van der Waals surface area contributed by atoms with Crippen molar-refractivity contribution < 1.29 is 9.59 Å². The third-order valence-corrected chi connectivity index (χ3v) is 4.81. The number of fused-ring (bicyclic) bond motifs is 1. The van der Waals surface area contributed by atoms with E-state index in [9.17, 15) is 9.59 Å². The Balaban J connectivity index is 1.75. The number of likely N-dealkylation sites (N-methyl/N-ethyl adjacent to an activating group) is 2. The highest BCUT2D eigenvalue weighted by Gasteiger charge is 2.39. The first-order valence-corrected chi connectivity index (χ1v) is 7.80. The zero-order valence-corrected chi connectivity index (χ0v) is 12.9. The molecule has 1 saturated heterocycles. The number of carbonyl (C=O) groups is 2. The average molecular weight is 303 g/mol. The average Bonchev–Trinajstić information content (AvgIpc) is 2.99. The number of thiazole rings is 1. The van der Waals surface area contributed by atoms with Crippen LogP contribution in [0.3, 0.4) is 0 Å². The molecule has 1 unspecified atom stereocenters. The van der Waals surface area contributed by atoms with Gasteiger partial charge in [-0.1, -0.05) is 12.1 Å². The topological polar surface area (TPSA) is 53.5 Å². The fraction of sp³-hybridized carbons (Fsp3) is 0.400. The first kappa shape index (κ1) is 14.2. The molecule has 2 amide bonds. The molecule has 1 aliphatic rings. The van der Waals surface area contributed by atoms with Gasteiger partial charge in [-0.25, -0.2) is 4.98 Å². The highest BCUT2D eigenvalue weighted by Crippen LogP contribution is 2.24. The molecule has 1 aliphatic heterocycles. The Morgan fingerprint density at radius 1 is 1.38 bits per heavy atom. The highest BCUT2D eigenvalue weighted by atomic mass is 32.1. The highest BCUT2D eigenvalue weighted by molar-refractivity contribution is 7.18. The van der Waals surface area contributed by atoms with Crippen molar-refractivity contribution in [2.75, 3.05) is 13.6 Å². The van der Waals surface area contributed by atoms with Crippen LogP contribution in [-0.2, 0) is 16.1 Å². The van der Waals surface area contributed by atoms with Gasteiger partial charge in [0, 0.05) is 6.54 Å². The van der Waals surface area contributed by atoms with E-state index in [1.54, 1.807) is 11.3 Å². The molecule has 3 rings (SSSR count). The van der Waals surface area contributed by atoms with Crippen molar-refractivity contribution in [1.82, 2.24) is 14.8 Å². The van der Waals surface area contributed by atoms with E-state index >= 15 is 0 Å². The van der Waals surface area contributed by atoms with Gasteiger partial charge in [0.2, 0.25) is 11.8 Å². The molecule has 0 saturated carbocycles. The fourth-order valence-corrected chi connectivity index (χ4v) is 3.68. The largest absolute Gasteiger partial charge is 0.288 e. The second kappa shape index (κ2) is 5.54. The van der Waals surface area contributed by atoms with Crippen molar-refractivity contribution in [1.29, 1.82) is 0 Å². The van der Waals surface area contributed by atoms with E-state index in [4.69, 9.17) is 0 Å². The summed E-state index contributed by atoms with van der Waals surface area (Å²) in [7, 11) is 1.88. The summed E-state index contributed by atoms with van der Waals surface area (Å²) in [6.07, 6.45) is 0.272. The number of amides is 2. The Hall–Kier alpha value is -1.79. The van der Waals surface area contributed by atoms with Crippen molar-refractivity contribution in [2.45, 2.75) is 25.9 Å². The molecular formula is C15H17N3O2S. The molecule has 2 heterocycles. The molecule has 6 heteroatoms. The van der Waals surface area contributed by atoms with Crippen molar-refractivity contribution in [2.24, 2.45) is 0 Å². The van der Waals surface area contributed by atoms with Crippen LogP contribution in [0.25, 0.3) is 10.2 Å². The molecule has 1 atom stereocenters. The Kier molecular flexibility index (Phi) is 3.73. The molecule has 2 aromatic rings. The number of benzene rings is 1. The lowest BCUT2D eigenvalue weighted by Crippen LogP contribution is -2.39. The van der Waals surface area contributed by atoms with Gasteiger partial charge >= 0.3 is 0 Å². The van der Waals surface area contributed by atoms with Crippen molar-refractivity contribution in [3.63, 3.8) is 0 Å². The molecule has 1 aromatic carbocycles. The Bertz CT molecular complexity index is 664. The lowest BCUT2D eigenvalue weighted by Gasteiger charge is -2.21. The van der Waals surface area contributed by atoms with Gasteiger partial charge < -0.3 is 0 Å². The molecule has 5 nitrogen and oxygen atoms in total. The number of carbonyl (C=O) groups excluding carboxylic acids is 2. The first-order chi connectivity index (χ1) is 10.1.